The minimum absolute atomic E-state index is 0.0562. The first-order chi connectivity index (χ1) is 12.7. The Bertz CT molecular complexity index is 724. The molecule has 0 spiro atoms. The Hall–Kier alpha value is -3.10. The van der Waals surface area contributed by atoms with Gasteiger partial charge in [0.15, 0.2) is 6.61 Å². The molecule has 3 rings (SSSR count). The molecule has 2 amide bonds. The van der Waals surface area contributed by atoms with Gasteiger partial charge in [0.05, 0.1) is 6.61 Å². The van der Waals surface area contributed by atoms with Crippen LogP contribution in [0.25, 0.3) is 11.5 Å². The summed E-state index contributed by atoms with van der Waals surface area (Å²) in [6, 6.07) is 7.05. The Labute approximate surface area is 150 Å². The van der Waals surface area contributed by atoms with Crippen molar-refractivity contribution < 1.29 is 23.5 Å². The molecule has 9 nitrogen and oxygen atoms in total. The molecule has 1 aliphatic rings. The molecule has 2 heterocycles. The lowest BCUT2D eigenvalue weighted by Gasteiger charge is -2.33. The summed E-state index contributed by atoms with van der Waals surface area (Å²) in [5, 5.41) is 7.45. The van der Waals surface area contributed by atoms with Gasteiger partial charge in [-0.15, -0.1) is 10.2 Å². The van der Waals surface area contributed by atoms with Crippen molar-refractivity contribution in [2.45, 2.75) is 6.92 Å². The monoisotopic (exact) mass is 360 g/mol. The molecular weight excluding hydrogens is 340 g/mol. The number of hydrogen-bond donors (Lipinski definition) is 0. The van der Waals surface area contributed by atoms with Crippen LogP contribution in [0.15, 0.2) is 35.1 Å². The van der Waals surface area contributed by atoms with Crippen LogP contribution >= 0.6 is 0 Å². The quantitative estimate of drug-likeness (QED) is 0.795. The molecule has 2 aromatic rings. The fraction of sp³-hybridized carbons (Fsp3) is 0.412. The third kappa shape index (κ3) is 4.29. The average Bonchev–Trinajstić information content (AvgIpc) is 3.21. The van der Waals surface area contributed by atoms with E-state index in [0.29, 0.717) is 44.4 Å². The van der Waals surface area contributed by atoms with E-state index in [-0.39, 0.29) is 18.6 Å². The highest BCUT2D eigenvalue weighted by Crippen LogP contribution is 2.20. The maximum Gasteiger partial charge on any atom is 0.409 e. The summed E-state index contributed by atoms with van der Waals surface area (Å²) in [7, 11) is 0. The molecule has 1 aliphatic heterocycles. The molecule has 0 N–H and O–H groups in total. The lowest BCUT2D eigenvalue weighted by atomic mass is 10.2. The third-order valence-corrected chi connectivity index (χ3v) is 3.98. The van der Waals surface area contributed by atoms with Crippen LogP contribution in [0.5, 0.6) is 5.75 Å². The number of benzene rings is 1. The van der Waals surface area contributed by atoms with E-state index < -0.39 is 0 Å². The van der Waals surface area contributed by atoms with Gasteiger partial charge < -0.3 is 23.7 Å². The van der Waals surface area contributed by atoms with Gasteiger partial charge >= 0.3 is 6.09 Å². The number of carbonyl (C=O) groups excluding carboxylic acids is 2. The number of aromatic nitrogens is 2. The lowest BCUT2D eigenvalue weighted by Crippen LogP contribution is -2.51. The van der Waals surface area contributed by atoms with Crippen molar-refractivity contribution >= 4 is 12.0 Å². The van der Waals surface area contributed by atoms with Gasteiger partial charge in [-0.3, -0.25) is 4.79 Å². The minimum Gasteiger partial charge on any atom is -0.484 e. The molecule has 1 fully saturated rings. The molecule has 0 aliphatic carbocycles. The summed E-state index contributed by atoms with van der Waals surface area (Å²) in [4.78, 5) is 27.2. The van der Waals surface area contributed by atoms with Gasteiger partial charge in [-0.1, -0.05) is 0 Å². The molecule has 0 radical (unpaired) electrons. The number of ether oxygens (including phenoxy) is 2. The predicted molar refractivity (Wildman–Crippen MR) is 90.4 cm³/mol. The fourth-order valence-corrected chi connectivity index (χ4v) is 2.58. The van der Waals surface area contributed by atoms with Gasteiger partial charge in [-0.2, -0.15) is 0 Å². The van der Waals surface area contributed by atoms with E-state index >= 15 is 0 Å². The van der Waals surface area contributed by atoms with Gasteiger partial charge in [0.1, 0.15) is 5.75 Å². The number of carbonyl (C=O) groups is 2. The molecule has 1 aromatic heterocycles. The number of amides is 2. The summed E-state index contributed by atoms with van der Waals surface area (Å²) in [5.41, 5.74) is 0.774. The van der Waals surface area contributed by atoms with E-state index in [1.54, 1.807) is 41.0 Å². The van der Waals surface area contributed by atoms with Crippen molar-refractivity contribution in [3.05, 3.63) is 30.7 Å². The highest BCUT2D eigenvalue weighted by atomic mass is 16.6. The third-order valence-electron chi connectivity index (χ3n) is 3.98. The van der Waals surface area contributed by atoms with Crippen LogP contribution in [0.1, 0.15) is 6.92 Å². The smallest absolute Gasteiger partial charge is 0.409 e. The second-order valence-electron chi connectivity index (χ2n) is 5.62. The van der Waals surface area contributed by atoms with E-state index in [9.17, 15) is 9.59 Å². The molecule has 138 valence electrons. The zero-order chi connectivity index (χ0) is 18.4. The molecular formula is C17H20N4O5. The van der Waals surface area contributed by atoms with Crippen molar-refractivity contribution in [1.82, 2.24) is 20.0 Å². The van der Waals surface area contributed by atoms with Crippen molar-refractivity contribution in [3.63, 3.8) is 0 Å². The van der Waals surface area contributed by atoms with Gasteiger partial charge in [-0.05, 0) is 31.2 Å². The zero-order valence-corrected chi connectivity index (χ0v) is 14.5. The maximum atomic E-state index is 12.3. The van der Waals surface area contributed by atoms with E-state index in [2.05, 4.69) is 10.2 Å². The maximum absolute atomic E-state index is 12.3. The largest absolute Gasteiger partial charge is 0.484 e. The lowest BCUT2D eigenvalue weighted by molar-refractivity contribution is -0.134. The van der Waals surface area contributed by atoms with Crippen molar-refractivity contribution in [2.24, 2.45) is 0 Å². The Morgan fingerprint density at radius 1 is 1.12 bits per heavy atom. The summed E-state index contributed by atoms with van der Waals surface area (Å²) >= 11 is 0. The highest BCUT2D eigenvalue weighted by Gasteiger charge is 2.24. The highest BCUT2D eigenvalue weighted by molar-refractivity contribution is 5.78. The fourth-order valence-electron chi connectivity index (χ4n) is 2.58. The molecule has 1 aromatic carbocycles. The standard InChI is InChI=1S/C17H20N4O5/c1-2-24-17(23)21-9-7-20(8-10-21)15(22)11-25-14-5-3-13(4-6-14)16-19-18-12-26-16/h3-6,12H,2,7-11H2,1H3. The molecule has 0 saturated carbocycles. The Balaban J connectivity index is 1.45. The first kappa shape index (κ1) is 17.7. The summed E-state index contributed by atoms with van der Waals surface area (Å²) in [6.45, 7) is 3.92. The van der Waals surface area contributed by atoms with E-state index in [1.165, 1.54) is 6.39 Å². The predicted octanol–water partition coefficient (Wildman–Crippen LogP) is 1.42. The number of nitrogens with zero attached hydrogens (tertiary/aromatic N) is 4. The number of piperazine rings is 1. The van der Waals surface area contributed by atoms with Crippen LogP contribution < -0.4 is 4.74 Å². The van der Waals surface area contributed by atoms with Crippen molar-refractivity contribution in [2.75, 3.05) is 39.4 Å². The normalized spacial score (nSPS) is 14.2. The van der Waals surface area contributed by atoms with Crippen molar-refractivity contribution in [3.8, 4) is 17.2 Å². The second-order valence-corrected chi connectivity index (χ2v) is 5.62. The average molecular weight is 360 g/mol. The molecule has 1 saturated heterocycles. The van der Waals surface area contributed by atoms with Crippen LogP contribution in [0.4, 0.5) is 4.79 Å². The van der Waals surface area contributed by atoms with Gasteiger partial charge in [0, 0.05) is 31.7 Å². The van der Waals surface area contributed by atoms with E-state index in [1.807, 2.05) is 0 Å². The van der Waals surface area contributed by atoms with E-state index in [4.69, 9.17) is 13.9 Å². The van der Waals surface area contributed by atoms with Gasteiger partial charge in [0.25, 0.3) is 5.91 Å². The van der Waals surface area contributed by atoms with Crippen LogP contribution in [0, 0.1) is 0 Å². The summed E-state index contributed by atoms with van der Waals surface area (Å²) < 4.78 is 15.6. The van der Waals surface area contributed by atoms with Crippen molar-refractivity contribution in [1.29, 1.82) is 0 Å². The molecule has 0 atom stereocenters. The molecule has 0 bridgehead atoms. The second kappa shape index (κ2) is 8.32. The van der Waals surface area contributed by atoms with E-state index in [0.717, 1.165) is 5.56 Å². The van der Waals surface area contributed by atoms with Crippen LogP contribution in [0.3, 0.4) is 0 Å². The SMILES string of the molecule is CCOC(=O)N1CCN(C(=O)COc2ccc(-c3nnco3)cc2)CC1. The number of hydrogen-bond acceptors (Lipinski definition) is 7. The first-order valence-corrected chi connectivity index (χ1v) is 8.36. The Morgan fingerprint density at radius 3 is 2.42 bits per heavy atom. The zero-order valence-electron chi connectivity index (χ0n) is 14.5. The summed E-state index contributed by atoms with van der Waals surface area (Å²) in [5.74, 6) is 0.883. The Kier molecular flexibility index (Phi) is 5.67. The molecule has 9 heteroatoms. The topological polar surface area (TPSA) is 98.0 Å². The van der Waals surface area contributed by atoms with Gasteiger partial charge in [-0.25, -0.2) is 4.79 Å². The van der Waals surface area contributed by atoms with Gasteiger partial charge in [0.2, 0.25) is 12.3 Å². The minimum atomic E-state index is -0.336. The van der Waals surface area contributed by atoms with Crippen LogP contribution in [-0.2, 0) is 9.53 Å². The number of rotatable bonds is 5. The van der Waals surface area contributed by atoms with Crippen LogP contribution in [-0.4, -0.2) is 71.4 Å². The molecule has 0 unspecified atom stereocenters. The Morgan fingerprint density at radius 2 is 1.81 bits per heavy atom. The van der Waals surface area contributed by atoms with Crippen LogP contribution in [0.2, 0.25) is 0 Å². The summed E-state index contributed by atoms with van der Waals surface area (Å²) in [6.07, 6.45) is 0.928. The first-order valence-electron chi connectivity index (χ1n) is 8.36. The molecule has 26 heavy (non-hydrogen) atoms.